The highest BCUT2D eigenvalue weighted by Crippen LogP contribution is 2.36. The maximum atomic E-state index is 14.2. The Kier molecular flexibility index (Phi) is 15.7. The maximum Gasteiger partial charge on any atom is 0.338 e. The van der Waals surface area contributed by atoms with E-state index in [9.17, 15) is 24.0 Å². The molecule has 1 aliphatic heterocycles. The molecule has 7 rings (SSSR count). The summed E-state index contributed by atoms with van der Waals surface area (Å²) in [6, 6.07) is 45.7. The van der Waals surface area contributed by atoms with Crippen molar-refractivity contribution >= 4 is 29.8 Å². The SMILES string of the molecule is COCc1ccc(Cc2ccc(COC(C)=O)cc2O[C@@H]2O[C@H]([C@@H](C)OC(=O)c3ccccc3)[C@@H](OC(=O)c3ccccc3)[C@H](OC(=O)c3ccccc3)[C@H]2OC(=O)c2ccccc2)cc1. The lowest BCUT2D eigenvalue weighted by molar-refractivity contribution is -0.284. The van der Waals surface area contributed by atoms with Gasteiger partial charge in [0.2, 0.25) is 12.4 Å². The number of hydrogen-bond donors (Lipinski definition) is 0. The summed E-state index contributed by atoms with van der Waals surface area (Å²) in [4.78, 5) is 68.0. The first kappa shape index (κ1) is 46.4. The average molecular weight is 893 g/mol. The van der Waals surface area contributed by atoms with Crippen LogP contribution in [0, 0.1) is 0 Å². The number of carbonyl (C=O) groups is 5. The third kappa shape index (κ3) is 12.1. The molecular formula is C53H48O13. The molecule has 0 aromatic heterocycles. The molecule has 13 nitrogen and oxygen atoms in total. The van der Waals surface area contributed by atoms with E-state index in [2.05, 4.69) is 0 Å². The van der Waals surface area contributed by atoms with E-state index < -0.39 is 66.7 Å². The van der Waals surface area contributed by atoms with Gasteiger partial charge in [-0.05, 0) is 83.8 Å². The van der Waals surface area contributed by atoms with Crippen LogP contribution in [0.3, 0.4) is 0 Å². The molecule has 6 aromatic carbocycles. The molecule has 0 aliphatic carbocycles. The predicted octanol–water partition coefficient (Wildman–Crippen LogP) is 8.51. The van der Waals surface area contributed by atoms with Crippen molar-refractivity contribution in [3.63, 3.8) is 0 Å². The van der Waals surface area contributed by atoms with Crippen molar-refractivity contribution in [1.29, 1.82) is 0 Å². The van der Waals surface area contributed by atoms with Gasteiger partial charge < -0.3 is 37.9 Å². The fraction of sp³-hybridized carbons (Fsp3) is 0.226. The van der Waals surface area contributed by atoms with E-state index >= 15 is 0 Å². The zero-order valence-corrected chi connectivity index (χ0v) is 36.5. The van der Waals surface area contributed by atoms with Crippen molar-refractivity contribution in [3.8, 4) is 5.75 Å². The summed E-state index contributed by atoms with van der Waals surface area (Å²) in [6.45, 7) is 3.17. The molecule has 13 heteroatoms. The van der Waals surface area contributed by atoms with Crippen LogP contribution >= 0.6 is 0 Å². The molecule has 0 unspecified atom stereocenters. The molecule has 1 aliphatic rings. The third-order valence-corrected chi connectivity index (χ3v) is 10.6. The zero-order chi connectivity index (χ0) is 46.4. The largest absolute Gasteiger partial charge is 0.461 e. The molecule has 1 saturated heterocycles. The van der Waals surface area contributed by atoms with Crippen molar-refractivity contribution < 1.29 is 61.9 Å². The minimum absolute atomic E-state index is 0.0977. The molecule has 0 amide bonds. The van der Waals surface area contributed by atoms with Gasteiger partial charge in [0.05, 0.1) is 28.9 Å². The Morgan fingerprint density at radius 3 is 1.48 bits per heavy atom. The zero-order valence-electron chi connectivity index (χ0n) is 36.5. The smallest absolute Gasteiger partial charge is 0.338 e. The Balaban J connectivity index is 1.36. The Morgan fingerprint density at radius 2 is 0.985 bits per heavy atom. The van der Waals surface area contributed by atoms with Crippen LogP contribution in [0.2, 0.25) is 0 Å². The van der Waals surface area contributed by atoms with Crippen LogP contribution in [0.4, 0.5) is 0 Å². The number of esters is 5. The Bertz CT molecular complexity index is 2570. The number of methoxy groups -OCH3 is 1. The van der Waals surface area contributed by atoms with E-state index in [0.717, 1.165) is 11.1 Å². The predicted molar refractivity (Wildman–Crippen MR) is 239 cm³/mol. The molecule has 0 spiro atoms. The molecule has 0 bridgehead atoms. The number of carbonyl (C=O) groups excluding carboxylic acids is 5. The molecule has 338 valence electrons. The lowest BCUT2D eigenvalue weighted by Gasteiger charge is -2.45. The van der Waals surface area contributed by atoms with Crippen molar-refractivity contribution in [1.82, 2.24) is 0 Å². The molecule has 66 heavy (non-hydrogen) atoms. The average Bonchev–Trinajstić information content (AvgIpc) is 3.34. The second kappa shape index (κ2) is 22.3. The van der Waals surface area contributed by atoms with Gasteiger partial charge in [0.25, 0.3) is 0 Å². The summed E-state index contributed by atoms with van der Waals surface area (Å²) in [5, 5.41) is 0. The first-order valence-electron chi connectivity index (χ1n) is 21.2. The van der Waals surface area contributed by atoms with E-state index in [0.29, 0.717) is 24.2 Å². The van der Waals surface area contributed by atoms with Gasteiger partial charge in [-0.3, -0.25) is 4.79 Å². The molecule has 0 radical (unpaired) electrons. The number of ether oxygens (including phenoxy) is 8. The van der Waals surface area contributed by atoms with Crippen molar-refractivity contribution in [3.05, 3.63) is 208 Å². The summed E-state index contributed by atoms with van der Waals surface area (Å²) >= 11 is 0. The Morgan fingerprint density at radius 1 is 0.530 bits per heavy atom. The highest BCUT2D eigenvalue weighted by molar-refractivity contribution is 5.91. The summed E-state index contributed by atoms with van der Waals surface area (Å²) in [5.74, 6) is -3.51. The third-order valence-electron chi connectivity index (χ3n) is 10.6. The van der Waals surface area contributed by atoms with Gasteiger partial charge in [0.15, 0.2) is 12.2 Å². The van der Waals surface area contributed by atoms with Crippen LogP contribution in [0.5, 0.6) is 5.75 Å². The highest BCUT2D eigenvalue weighted by Gasteiger charge is 2.56. The molecule has 0 N–H and O–H groups in total. The van der Waals surface area contributed by atoms with Crippen LogP contribution in [0.15, 0.2) is 164 Å². The van der Waals surface area contributed by atoms with Gasteiger partial charge in [-0.15, -0.1) is 0 Å². The van der Waals surface area contributed by atoms with E-state index in [4.69, 9.17) is 37.9 Å². The number of rotatable bonds is 17. The second-order valence-corrected chi connectivity index (χ2v) is 15.4. The van der Waals surface area contributed by atoms with Gasteiger partial charge in [0.1, 0.15) is 24.6 Å². The molecule has 0 saturated carbocycles. The molecular weight excluding hydrogens is 845 g/mol. The van der Waals surface area contributed by atoms with Gasteiger partial charge >= 0.3 is 29.8 Å². The summed E-state index contributed by atoms with van der Waals surface area (Å²) in [6.07, 6.45) is -8.81. The van der Waals surface area contributed by atoms with Gasteiger partial charge in [-0.1, -0.05) is 109 Å². The first-order valence-corrected chi connectivity index (χ1v) is 21.2. The minimum atomic E-state index is -1.65. The van der Waals surface area contributed by atoms with Crippen LogP contribution in [0.25, 0.3) is 0 Å². The van der Waals surface area contributed by atoms with E-state index in [1.807, 2.05) is 30.3 Å². The lowest BCUT2D eigenvalue weighted by Crippen LogP contribution is -2.65. The molecule has 6 aromatic rings. The topological polar surface area (TPSA) is 159 Å². The summed E-state index contributed by atoms with van der Waals surface area (Å²) < 4.78 is 49.0. The van der Waals surface area contributed by atoms with E-state index in [-0.39, 0.29) is 34.6 Å². The molecule has 1 fully saturated rings. The summed E-state index contributed by atoms with van der Waals surface area (Å²) in [5.41, 5.74) is 3.75. The van der Waals surface area contributed by atoms with Crippen LogP contribution < -0.4 is 4.74 Å². The monoisotopic (exact) mass is 892 g/mol. The van der Waals surface area contributed by atoms with E-state index in [1.54, 1.807) is 128 Å². The number of benzene rings is 6. The quantitative estimate of drug-likeness (QED) is 0.0634. The van der Waals surface area contributed by atoms with Crippen LogP contribution in [0.1, 0.15) is 77.5 Å². The van der Waals surface area contributed by atoms with Crippen LogP contribution in [-0.2, 0) is 57.6 Å². The fourth-order valence-electron chi connectivity index (χ4n) is 7.27. The molecule has 6 atom stereocenters. The van der Waals surface area contributed by atoms with Crippen LogP contribution in [-0.4, -0.2) is 73.8 Å². The summed E-state index contributed by atoms with van der Waals surface area (Å²) in [7, 11) is 1.62. The normalized spacial score (nSPS) is 18.2. The molecule has 1 heterocycles. The fourth-order valence-corrected chi connectivity index (χ4v) is 7.27. The van der Waals surface area contributed by atoms with Crippen molar-refractivity contribution in [2.75, 3.05) is 7.11 Å². The Labute approximate surface area is 382 Å². The minimum Gasteiger partial charge on any atom is -0.461 e. The standard InChI is InChI=1S/C53H48O13/c1-34(61-49(55)39-16-8-4-9-17-39)45-46(63-50(56)40-18-10-5-11-19-40)47(64-51(57)41-20-12-6-13-21-41)48(65-52(58)42-22-14-7-15-23-42)53(66-45)62-44-31-38(33-60-35(2)54)28-29-43(44)30-36-24-26-37(27-25-36)32-59-3/h4-29,31,34,45-48,53H,30,32-33H2,1-3H3/t34-,45-,46-,47+,48-,53-/m1/s1. The van der Waals surface area contributed by atoms with Gasteiger partial charge in [0, 0.05) is 20.5 Å². The lowest BCUT2D eigenvalue weighted by atomic mass is 9.94. The Hall–Kier alpha value is -7.61. The van der Waals surface area contributed by atoms with Gasteiger partial charge in [-0.2, -0.15) is 0 Å². The highest BCUT2D eigenvalue weighted by atomic mass is 16.7. The maximum absolute atomic E-state index is 14.2. The van der Waals surface area contributed by atoms with Gasteiger partial charge in [-0.25, -0.2) is 19.2 Å². The first-order chi connectivity index (χ1) is 32.1. The van der Waals surface area contributed by atoms with Crippen molar-refractivity contribution in [2.45, 2.75) is 70.3 Å². The second-order valence-electron chi connectivity index (χ2n) is 15.4. The van der Waals surface area contributed by atoms with E-state index in [1.165, 1.54) is 26.0 Å². The van der Waals surface area contributed by atoms with Crippen molar-refractivity contribution in [2.24, 2.45) is 0 Å². The number of hydrogen-bond acceptors (Lipinski definition) is 13.